The third-order valence-electron chi connectivity index (χ3n) is 3.66. The molecule has 0 aromatic heterocycles. The van der Waals surface area contributed by atoms with Crippen LogP contribution in [0.4, 0.5) is 0 Å². The highest BCUT2D eigenvalue weighted by atomic mass is 16.4. The van der Waals surface area contributed by atoms with Gasteiger partial charge in [0, 0.05) is 13.2 Å². The first kappa shape index (κ1) is 21.3. The molecule has 140 valence electrons. The highest BCUT2D eigenvalue weighted by molar-refractivity contribution is 6.06. The molecule has 26 heavy (non-hydrogen) atoms. The smallest absolute Gasteiger partial charge is 0.337 e. The van der Waals surface area contributed by atoms with Crippen molar-refractivity contribution in [1.82, 2.24) is 0 Å². The molecular formula is C20H24O6. The Morgan fingerprint density at radius 1 is 0.692 bits per heavy atom. The zero-order valence-corrected chi connectivity index (χ0v) is 14.5. The zero-order valence-electron chi connectivity index (χ0n) is 14.5. The first-order chi connectivity index (χ1) is 12.5. The Kier molecular flexibility index (Phi) is 9.67. The maximum absolute atomic E-state index is 11.3. The van der Waals surface area contributed by atoms with Crippen LogP contribution in [0.15, 0.2) is 48.5 Å². The van der Waals surface area contributed by atoms with Gasteiger partial charge in [-0.05, 0) is 30.0 Å². The van der Waals surface area contributed by atoms with Crippen LogP contribution >= 0.6 is 0 Å². The largest absolute Gasteiger partial charge is 0.478 e. The van der Waals surface area contributed by atoms with Crippen LogP contribution in [0.2, 0.25) is 0 Å². The summed E-state index contributed by atoms with van der Waals surface area (Å²) in [6, 6.07) is 13.3. The Bertz CT molecular complexity index is 691. The van der Waals surface area contributed by atoms with Gasteiger partial charge in [-0.3, -0.25) is 0 Å². The van der Waals surface area contributed by atoms with Crippen LogP contribution in [0.1, 0.15) is 46.4 Å². The fourth-order valence-corrected chi connectivity index (χ4v) is 2.40. The Hall–Kier alpha value is -2.70. The number of benzene rings is 2. The van der Waals surface area contributed by atoms with E-state index in [9.17, 15) is 14.7 Å². The van der Waals surface area contributed by atoms with Gasteiger partial charge in [0.25, 0.3) is 0 Å². The number of hydrogen-bond donors (Lipinski definition) is 4. The predicted octanol–water partition coefficient (Wildman–Crippen LogP) is 3.28. The van der Waals surface area contributed by atoms with Gasteiger partial charge < -0.3 is 20.4 Å². The van der Waals surface area contributed by atoms with Crippen molar-refractivity contribution in [2.75, 3.05) is 13.2 Å². The zero-order chi connectivity index (χ0) is 19.4. The first-order valence-corrected chi connectivity index (χ1v) is 8.39. The Morgan fingerprint density at radius 3 is 1.73 bits per heavy atom. The number of aromatic carboxylic acids is 2. The summed E-state index contributed by atoms with van der Waals surface area (Å²) in [6.07, 6.45) is 3.83. The van der Waals surface area contributed by atoms with E-state index in [1.807, 2.05) is 6.07 Å². The molecule has 2 aromatic carbocycles. The molecule has 0 saturated carbocycles. The molecule has 0 bridgehead atoms. The van der Waals surface area contributed by atoms with Crippen LogP contribution in [0.5, 0.6) is 0 Å². The Balaban J connectivity index is 0.000000359. The van der Waals surface area contributed by atoms with Gasteiger partial charge in [-0.15, -0.1) is 0 Å². The number of carbonyl (C=O) groups is 2. The van der Waals surface area contributed by atoms with Gasteiger partial charge in [0.05, 0.1) is 11.1 Å². The highest BCUT2D eigenvalue weighted by Crippen LogP contribution is 2.26. The second kappa shape index (κ2) is 11.8. The molecule has 0 unspecified atom stereocenters. The number of unbranched alkanes of at least 4 members (excludes halogenated alkanes) is 3. The molecule has 0 aliphatic carbocycles. The molecule has 0 atom stereocenters. The van der Waals surface area contributed by atoms with Crippen LogP contribution in [0, 0.1) is 0 Å². The number of hydrogen-bond acceptors (Lipinski definition) is 4. The molecule has 2 rings (SSSR count). The molecule has 0 aliphatic rings. The number of carboxylic acids is 2. The van der Waals surface area contributed by atoms with Crippen LogP contribution in [0.25, 0.3) is 11.1 Å². The summed E-state index contributed by atoms with van der Waals surface area (Å²) >= 11 is 0. The molecule has 0 heterocycles. The quantitative estimate of drug-likeness (QED) is 0.537. The molecular weight excluding hydrogens is 336 g/mol. The monoisotopic (exact) mass is 360 g/mol. The summed E-state index contributed by atoms with van der Waals surface area (Å²) in [5.41, 5.74) is 0.695. The molecule has 0 fully saturated rings. The van der Waals surface area contributed by atoms with Gasteiger partial charge >= 0.3 is 11.9 Å². The summed E-state index contributed by atoms with van der Waals surface area (Å²) in [7, 11) is 0. The molecule has 0 amide bonds. The van der Waals surface area contributed by atoms with Crippen molar-refractivity contribution in [2.45, 2.75) is 25.7 Å². The molecule has 0 radical (unpaired) electrons. The maximum atomic E-state index is 11.3. The van der Waals surface area contributed by atoms with Crippen LogP contribution in [0.3, 0.4) is 0 Å². The summed E-state index contributed by atoms with van der Waals surface area (Å²) < 4.78 is 0. The second-order valence-corrected chi connectivity index (χ2v) is 5.57. The highest BCUT2D eigenvalue weighted by Gasteiger charge is 2.20. The number of carboxylic acid groups (broad SMARTS) is 2. The lowest BCUT2D eigenvalue weighted by Crippen LogP contribution is -2.09. The second-order valence-electron chi connectivity index (χ2n) is 5.57. The van der Waals surface area contributed by atoms with Crippen molar-refractivity contribution in [1.29, 1.82) is 0 Å². The van der Waals surface area contributed by atoms with E-state index in [0.717, 1.165) is 25.7 Å². The van der Waals surface area contributed by atoms with Gasteiger partial charge in [0.1, 0.15) is 0 Å². The molecule has 6 heteroatoms. The van der Waals surface area contributed by atoms with Gasteiger partial charge in [-0.2, -0.15) is 0 Å². The normalized spacial score (nSPS) is 9.92. The van der Waals surface area contributed by atoms with Crippen LogP contribution < -0.4 is 0 Å². The van der Waals surface area contributed by atoms with Crippen molar-refractivity contribution in [3.8, 4) is 11.1 Å². The molecule has 0 aliphatic heterocycles. The van der Waals surface area contributed by atoms with Crippen LogP contribution in [-0.4, -0.2) is 45.6 Å². The molecule has 2 aromatic rings. The topological polar surface area (TPSA) is 115 Å². The van der Waals surface area contributed by atoms with Crippen molar-refractivity contribution in [3.05, 3.63) is 59.7 Å². The molecule has 6 nitrogen and oxygen atoms in total. The number of aliphatic hydroxyl groups is 2. The van der Waals surface area contributed by atoms with E-state index in [0.29, 0.717) is 11.1 Å². The number of aliphatic hydroxyl groups excluding tert-OH is 2. The standard InChI is InChI=1S/C14H10O4.C6H14O2/c15-13(16)11-8-4-7-10(12(11)14(17)18)9-5-2-1-3-6-9;7-5-3-1-2-4-6-8/h1-8H,(H,15,16)(H,17,18);7-8H,1-6H2. The van der Waals surface area contributed by atoms with Crippen molar-refractivity contribution < 1.29 is 30.0 Å². The Labute approximate surface area is 152 Å². The SMILES string of the molecule is O=C(O)c1cccc(-c2ccccc2)c1C(=O)O.OCCCCCCO. The summed E-state index contributed by atoms with van der Waals surface area (Å²) in [5, 5.41) is 34.8. The van der Waals surface area contributed by atoms with E-state index in [4.69, 9.17) is 15.3 Å². The minimum atomic E-state index is -1.25. The average Bonchev–Trinajstić information content (AvgIpc) is 2.66. The molecule has 0 spiro atoms. The minimum absolute atomic E-state index is 0.184. The van der Waals surface area contributed by atoms with Gasteiger partial charge in [0.15, 0.2) is 0 Å². The third-order valence-corrected chi connectivity index (χ3v) is 3.66. The fourth-order valence-electron chi connectivity index (χ4n) is 2.40. The lowest BCUT2D eigenvalue weighted by Gasteiger charge is -2.08. The van der Waals surface area contributed by atoms with E-state index in [1.165, 1.54) is 12.1 Å². The Morgan fingerprint density at radius 2 is 1.27 bits per heavy atom. The van der Waals surface area contributed by atoms with E-state index in [2.05, 4.69) is 0 Å². The lowest BCUT2D eigenvalue weighted by molar-refractivity contribution is 0.0652. The van der Waals surface area contributed by atoms with Crippen LogP contribution in [-0.2, 0) is 0 Å². The van der Waals surface area contributed by atoms with E-state index in [1.54, 1.807) is 30.3 Å². The molecule has 0 saturated heterocycles. The summed E-state index contributed by atoms with van der Waals surface area (Å²) in [4.78, 5) is 22.3. The van der Waals surface area contributed by atoms with Crippen molar-refractivity contribution >= 4 is 11.9 Å². The van der Waals surface area contributed by atoms with Gasteiger partial charge in [0.2, 0.25) is 0 Å². The first-order valence-electron chi connectivity index (χ1n) is 8.39. The fraction of sp³-hybridized carbons (Fsp3) is 0.300. The van der Waals surface area contributed by atoms with E-state index >= 15 is 0 Å². The maximum Gasteiger partial charge on any atom is 0.337 e. The minimum Gasteiger partial charge on any atom is -0.478 e. The number of rotatable bonds is 8. The van der Waals surface area contributed by atoms with Gasteiger partial charge in [-0.25, -0.2) is 9.59 Å². The summed E-state index contributed by atoms with van der Waals surface area (Å²) in [6.45, 7) is 0.566. The summed E-state index contributed by atoms with van der Waals surface area (Å²) in [5.74, 6) is -2.49. The predicted molar refractivity (Wildman–Crippen MR) is 98.4 cm³/mol. The average molecular weight is 360 g/mol. The lowest BCUT2D eigenvalue weighted by atomic mass is 9.95. The third kappa shape index (κ3) is 6.66. The van der Waals surface area contributed by atoms with Crippen molar-refractivity contribution in [2.24, 2.45) is 0 Å². The van der Waals surface area contributed by atoms with E-state index in [-0.39, 0.29) is 24.3 Å². The van der Waals surface area contributed by atoms with Crippen molar-refractivity contribution in [3.63, 3.8) is 0 Å². The van der Waals surface area contributed by atoms with Gasteiger partial charge in [-0.1, -0.05) is 55.3 Å². The molecule has 4 N–H and O–H groups in total. The van der Waals surface area contributed by atoms with E-state index < -0.39 is 11.9 Å².